The standard InChI is InChI=1S/C16H18N2O3/c19-14-6-7-15(20)18(14)11-9-16(21)17-10-8-13(17)12-4-2-1-3-5-12/h1-5,13H,6-11H2. The quantitative estimate of drug-likeness (QED) is 0.788. The molecule has 21 heavy (non-hydrogen) atoms. The molecule has 2 aliphatic heterocycles. The van der Waals surface area contributed by atoms with Gasteiger partial charge in [0, 0.05) is 32.4 Å². The summed E-state index contributed by atoms with van der Waals surface area (Å²) >= 11 is 0. The maximum atomic E-state index is 12.3. The Balaban J connectivity index is 1.56. The van der Waals surface area contributed by atoms with Gasteiger partial charge in [0.15, 0.2) is 0 Å². The molecule has 0 bridgehead atoms. The summed E-state index contributed by atoms with van der Waals surface area (Å²) in [5, 5.41) is 0. The summed E-state index contributed by atoms with van der Waals surface area (Å²) in [5.74, 6) is -0.297. The van der Waals surface area contributed by atoms with Gasteiger partial charge >= 0.3 is 0 Å². The van der Waals surface area contributed by atoms with Gasteiger partial charge in [-0.25, -0.2) is 0 Å². The van der Waals surface area contributed by atoms with Crippen molar-refractivity contribution in [2.45, 2.75) is 31.7 Å². The second-order valence-corrected chi connectivity index (χ2v) is 5.49. The van der Waals surface area contributed by atoms with Crippen LogP contribution in [0.15, 0.2) is 30.3 Å². The minimum Gasteiger partial charge on any atom is -0.335 e. The molecule has 5 heteroatoms. The number of imide groups is 1. The Labute approximate surface area is 123 Å². The fourth-order valence-electron chi connectivity index (χ4n) is 2.93. The molecule has 0 spiro atoms. The van der Waals surface area contributed by atoms with Crippen LogP contribution in [-0.2, 0) is 14.4 Å². The molecule has 3 rings (SSSR count). The van der Waals surface area contributed by atoms with Crippen LogP contribution in [0.5, 0.6) is 0 Å². The van der Waals surface area contributed by atoms with Crippen LogP contribution in [0.1, 0.15) is 37.3 Å². The maximum absolute atomic E-state index is 12.3. The second kappa shape index (κ2) is 5.68. The van der Waals surface area contributed by atoms with E-state index in [1.54, 1.807) is 0 Å². The number of amides is 3. The number of nitrogens with zero attached hydrogens (tertiary/aromatic N) is 2. The van der Waals surface area contributed by atoms with E-state index in [-0.39, 0.29) is 49.6 Å². The third kappa shape index (κ3) is 2.68. The summed E-state index contributed by atoms with van der Waals surface area (Å²) in [7, 11) is 0. The number of benzene rings is 1. The molecule has 5 nitrogen and oxygen atoms in total. The third-order valence-corrected chi connectivity index (χ3v) is 4.23. The molecule has 0 radical (unpaired) electrons. The molecule has 0 aromatic heterocycles. The van der Waals surface area contributed by atoms with E-state index in [2.05, 4.69) is 0 Å². The lowest BCUT2D eigenvalue weighted by Gasteiger charge is -2.41. The molecule has 2 aliphatic rings. The first-order valence-corrected chi connectivity index (χ1v) is 7.34. The van der Waals surface area contributed by atoms with Gasteiger partial charge in [-0.3, -0.25) is 19.3 Å². The van der Waals surface area contributed by atoms with Crippen molar-refractivity contribution < 1.29 is 14.4 Å². The smallest absolute Gasteiger partial charge is 0.229 e. The van der Waals surface area contributed by atoms with Gasteiger partial charge in [-0.15, -0.1) is 0 Å². The zero-order valence-corrected chi connectivity index (χ0v) is 11.8. The predicted octanol–water partition coefficient (Wildman–Crippen LogP) is 1.50. The highest BCUT2D eigenvalue weighted by atomic mass is 16.2. The molecule has 1 aromatic rings. The van der Waals surface area contributed by atoms with Crippen molar-refractivity contribution >= 4 is 17.7 Å². The molecular weight excluding hydrogens is 268 g/mol. The highest BCUT2D eigenvalue weighted by Gasteiger charge is 2.34. The van der Waals surface area contributed by atoms with E-state index in [0.29, 0.717) is 0 Å². The minimum atomic E-state index is -0.156. The van der Waals surface area contributed by atoms with E-state index < -0.39 is 0 Å². The summed E-state index contributed by atoms with van der Waals surface area (Å²) in [6.45, 7) is 0.967. The molecule has 2 saturated heterocycles. The van der Waals surface area contributed by atoms with Crippen molar-refractivity contribution in [2.24, 2.45) is 0 Å². The van der Waals surface area contributed by atoms with Gasteiger partial charge in [0.05, 0.1) is 6.04 Å². The Bertz CT molecular complexity index is 554. The Morgan fingerprint density at radius 1 is 1.10 bits per heavy atom. The topological polar surface area (TPSA) is 57.7 Å². The third-order valence-electron chi connectivity index (χ3n) is 4.23. The molecule has 1 aromatic carbocycles. The second-order valence-electron chi connectivity index (χ2n) is 5.49. The van der Waals surface area contributed by atoms with Crippen LogP contribution in [0.2, 0.25) is 0 Å². The summed E-state index contributed by atoms with van der Waals surface area (Å²) in [6, 6.07) is 10.1. The largest absolute Gasteiger partial charge is 0.335 e. The molecule has 2 fully saturated rings. The molecule has 1 unspecified atom stereocenters. The van der Waals surface area contributed by atoms with E-state index in [1.165, 1.54) is 4.90 Å². The first-order valence-electron chi connectivity index (χ1n) is 7.34. The number of rotatable bonds is 4. The van der Waals surface area contributed by atoms with Crippen LogP contribution in [0.3, 0.4) is 0 Å². The van der Waals surface area contributed by atoms with Crippen molar-refractivity contribution in [1.82, 2.24) is 9.80 Å². The summed E-state index contributed by atoms with van der Waals surface area (Å²) in [4.78, 5) is 38.3. The van der Waals surface area contributed by atoms with Crippen LogP contribution in [0.4, 0.5) is 0 Å². The predicted molar refractivity (Wildman–Crippen MR) is 76.1 cm³/mol. The highest BCUT2D eigenvalue weighted by molar-refractivity contribution is 6.02. The molecule has 2 heterocycles. The van der Waals surface area contributed by atoms with Crippen LogP contribution in [0, 0.1) is 0 Å². The van der Waals surface area contributed by atoms with Gasteiger partial charge in [0.2, 0.25) is 17.7 Å². The van der Waals surface area contributed by atoms with Crippen LogP contribution in [0.25, 0.3) is 0 Å². The van der Waals surface area contributed by atoms with Crippen molar-refractivity contribution in [1.29, 1.82) is 0 Å². The number of likely N-dealkylation sites (tertiary alicyclic amines) is 2. The summed E-state index contributed by atoms with van der Waals surface area (Å²) < 4.78 is 0. The molecule has 0 aliphatic carbocycles. The molecule has 110 valence electrons. The van der Waals surface area contributed by atoms with Crippen molar-refractivity contribution in [3.8, 4) is 0 Å². The SMILES string of the molecule is O=C1CCC(=O)N1CCC(=O)N1CCC1c1ccccc1. The molecular formula is C16H18N2O3. The van der Waals surface area contributed by atoms with E-state index in [9.17, 15) is 14.4 Å². The van der Waals surface area contributed by atoms with Crippen LogP contribution in [-0.4, -0.2) is 40.6 Å². The van der Waals surface area contributed by atoms with Gasteiger partial charge < -0.3 is 4.90 Å². The van der Waals surface area contributed by atoms with E-state index in [4.69, 9.17) is 0 Å². The minimum absolute atomic E-state index is 0.0163. The number of hydrogen-bond donors (Lipinski definition) is 0. The fourth-order valence-corrected chi connectivity index (χ4v) is 2.93. The lowest BCUT2D eigenvalue weighted by molar-refractivity contribution is -0.142. The van der Waals surface area contributed by atoms with Gasteiger partial charge in [-0.05, 0) is 12.0 Å². The highest BCUT2D eigenvalue weighted by Crippen LogP contribution is 2.33. The first-order chi connectivity index (χ1) is 10.2. The van der Waals surface area contributed by atoms with Gasteiger partial charge in [-0.1, -0.05) is 30.3 Å². The van der Waals surface area contributed by atoms with Crippen molar-refractivity contribution in [2.75, 3.05) is 13.1 Å². The molecule has 0 saturated carbocycles. The molecule has 3 amide bonds. The average Bonchev–Trinajstić information content (AvgIpc) is 2.76. The fraction of sp³-hybridized carbons (Fsp3) is 0.438. The lowest BCUT2D eigenvalue weighted by atomic mass is 9.94. The normalized spacial score (nSPS) is 21.6. The van der Waals surface area contributed by atoms with Crippen LogP contribution < -0.4 is 0 Å². The lowest BCUT2D eigenvalue weighted by Crippen LogP contribution is -2.46. The van der Waals surface area contributed by atoms with Crippen molar-refractivity contribution in [3.63, 3.8) is 0 Å². The van der Waals surface area contributed by atoms with Gasteiger partial charge in [0.1, 0.15) is 0 Å². The van der Waals surface area contributed by atoms with Gasteiger partial charge in [0.25, 0.3) is 0 Å². The summed E-state index contributed by atoms with van der Waals surface area (Å²) in [6.07, 6.45) is 1.75. The van der Waals surface area contributed by atoms with E-state index >= 15 is 0 Å². The van der Waals surface area contributed by atoms with E-state index in [1.807, 2.05) is 35.2 Å². The van der Waals surface area contributed by atoms with Crippen LogP contribution >= 0.6 is 0 Å². The van der Waals surface area contributed by atoms with E-state index in [0.717, 1.165) is 18.5 Å². The Kier molecular flexibility index (Phi) is 3.73. The zero-order valence-electron chi connectivity index (χ0n) is 11.8. The monoisotopic (exact) mass is 286 g/mol. The number of hydrogen-bond acceptors (Lipinski definition) is 3. The zero-order chi connectivity index (χ0) is 14.8. The molecule has 0 N–H and O–H groups in total. The van der Waals surface area contributed by atoms with Crippen molar-refractivity contribution in [3.05, 3.63) is 35.9 Å². The Morgan fingerprint density at radius 2 is 1.76 bits per heavy atom. The first kappa shape index (κ1) is 13.8. The Hall–Kier alpha value is -2.17. The number of carbonyl (C=O) groups is 3. The maximum Gasteiger partial charge on any atom is 0.229 e. The van der Waals surface area contributed by atoms with Gasteiger partial charge in [-0.2, -0.15) is 0 Å². The number of carbonyl (C=O) groups excluding carboxylic acids is 3. The Morgan fingerprint density at radius 3 is 2.33 bits per heavy atom. The average molecular weight is 286 g/mol. The summed E-state index contributed by atoms with van der Waals surface area (Å²) in [5.41, 5.74) is 1.14. The molecule has 1 atom stereocenters.